The molecule has 0 aliphatic rings. The Balaban J connectivity index is 2.50. The van der Waals surface area contributed by atoms with E-state index in [0.717, 1.165) is 5.69 Å². The van der Waals surface area contributed by atoms with E-state index in [1.807, 2.05) is 6.92 Å². The second-order valence-electron chi connectivity index (χ2n) is 4.23. The van der Waals surface area contributed by atoms with Crippen LogP contribution in [0.15, 0.2) is 6.07 Å². The van der Waals surface area contributed by atoms with Gasteiger partial charge >= 0.3 is 5.97 Å². The standard InChI is InChI=1S/C11H17N3O3/c1-7(11(16)17)6-14(3)10(15)5-9-4-8(2)12-13-9/h4,7H,5-6H2,1-3H3,(H,12,13)(H,16,17). The summed E-state index contributed by atoms with van der Waals surface area (Å²) in [4.78, 5) is 23.8. The lowest BCUT2D eigenvalue weighted by Gasteiger charge is -2.18. The number of H-pyrrole nitrogens is 1. The summed E-state index contributed by atoms with van der Waals surface area (Å²) in [6.07, 6.45) is 0.188. The number of carboxylic acid groups (broad SMARTS) is 1. The number of carbonyl (C=O) groups excluding carboxylic acids is 1. The molecule has 1 atom stereocenters. The molecule has 17 heavy (non-hydrogen) atoms. The molecular weight excluding hydrogens is 222 g/mol. The molecule has 6 heteroatoms. The van der Waals surface area contributed by atoms with Gasteiger partial charge in [0.15, 0.2) is 0 Å². The Bertz CT molecular complexity index is 414. The maximum atomic E-state index is 11.8. The Morgan fingerprint density at radius 1 is 1.59 bits per heavy atom. The lowest BCUT2D eigenvalue weighted by molar-refractivity contribution is -0.142. The van der Waals surface area contributed by atoms with E-state index in [1.165, 1.54) is 4.90 Å². The largest absolute Gasteiger partial charge is 0.481 e. The third-order valence-electron chi connectivity index (χ3n) is 2.49. The van der Waals surface area contributed by atoms with Crippen molar-refractivity contribution in [3.8, 4) is 0 Å². The summed E-state index contributed by atoms with van der Waals surface area (Å²) in [6, 6.07) is 1.80. The molecule has 0 bridgehead atoms. The van der Waals surface area contributed by atoms with Gasteiger partial charge < -0.3 is 10.0 Å². The van der Waals surface area contributed by atoms with E-state index < -0.39 is 11.9 Å². The van der Waals surface area contributed by atoms with Crippen molar-refractivity contribution in [2.75, 3.05) is 13.6 Å². The molecule has 1 heterocycles. The molecule has 1 rings (SSSR count). The van der Waals surface area contributed by atoms with Crippen LogP contribution in [0.1, 0.15) is 18.3 Å². The van der Waals surface area contributed by atoms with Crippen molar-refractivity contribution in [2.24, 2.45) is 5.92 Å². The van der Waals surface area contributed by atoms with Gasteiger partial charge in [-0.3, -0.25) is 14.7 Å². The lowest BCUT2D eigenvalue weighted by Crippen LogP contribution is -2.34. The predicted octanol–water partition coefficient (Wildman–Crippen LogP) is 0.440. The Morgan fingerprint density at radius 2 is 2.24 bits per heavy atom. The second kappa shape index (κ2) is 5.47. The zero-order valence-corrected chi connectivity index (χ0v) is 10.2. The number of nitrogens with zero attached hydrogens (tertiary/aromatic N) is 2. The molecule has 1 aromatic rings. The van der Waals surface area contributed by atoms with E-state index in [-0.39, 0.29) is 18.9 Å². The van der Waals surface area contributed by atoms with Gasteiger partial charge in [-0.2, -0.15) is 5.10 Å². The zero-order chi connectivity index (χ0) is 13.0. The molecule has 0 aliphatic heterocycles. The monoisotopic (exact) mass is 239 g/mol. The van der Waals surface area contributed by atoms with Crippen LogP contribution in [0.25, 0.3) is 0 Å². The molecule has 0 spiro atoms. The highest BCUT2D eigenvalue weighted by molar-refractivity contribution is 5.79. The van der Waals surface area contributed by atoms with E-state index in [1.54, 1.807) is 20.0 Å². The molecule has 0 saturated heterocycles. The van der Waals surface area contributed by atoms with Crippen molar-refractivity contribution in [1.29, 1.82) is 0 Å². The molecule has 0 radical (unpaired) electrons. The van der Waals surface area contributed by atoms with Gasteiger partial charge in [-0.25, -0.2) is 0 Å². The van der Waals surface area contributed by atoms with Crippen molar-refractivity contribution in [3.63, 3.8) is 0 Å². The predicted molar refractivity (Wildman–Crippen MR) is 61.5 cm³/mol. The van der Waals surface area contributed by atoms with Crippen LogP contribution in [-0.4, -0.2) is 45.7 Å². The van der Waals surface area contributed by atoms with Crippen LogP contribution in [0.3, 0.4) is 0 Å². The first-order valence-electron chi connectivity index (χ1n) is 5.37. The molecule has 1 unspecified atom stereocenters. The molecule has 6 nitrogen and oxygen atoms in total. The van der Waals surface area contributed by atoms with Gasteiger partial charge in [-0.1, -0.05) is 6.92 Å². The quantitative estimate of drug-likeness (QED) is 0.780. The van der Waals surface area contributed by atoms with Crippen molar-refractivity contribution < 1.29 is 14.7 Å². The number of hydrogen-bond acceptors (Lipinski definition) is 3. The van der Waals surface area contributed by atoms with Gasteiger partial charge in [-0.05, 0) is 13.0 Å². The Hall–Kier alpha value is -1.85. The number of carboxylic acids is 1. The fraction of sp³-hybridized carbons (Fsp3) is 0.545. The fourth-order valence-electron chi connectivity index (χ4n) is 1.45. The summed E-state index contributed by atoms with van der Waals surface area (Å²) in [5, 5.41) is 15.5. The highest BCUT2D eigenvalue weighted by Crippen LogP contribution is 2.04. The summed E-state index contributed by atoms with van der Waals surface area (Å²) in [5.41, 5.74) is 1.57. The number of carbonyl (C=O) groups is 2. The molecule has 0 aromatic carbocycles. The highest BCUT2D eigenvalue weighted by Gasteiger charge is 2.18. The number of aliphatic carboxylic acids is 1. The summed E-state index contributed by atoms with van der Waals surface area (Å²) in [5.74, 6) is -1.60. The number of rotatable bonds is 5. The first-order chi connectivity index (χ1) is 7.90. The molecule has 0 fully saturated rings. The Morgan fingerprint density at radius 3 is 2.71 bits per heavy atom. The number of aromatic nitrogens is 2. The van der Waals surface area contributed by atoms with E-state index >= 15 is 0 Å². The summed E-state index contributed by atoms with van der Waals surface area (Å²) >= 11 is 0. The first kappa shape index (κ1) is 13.2. The summed E-state index contributed by atoms with van der Waals surface area (Å²) in [6.45, 7) is 3.64. The van der Waals surface area contributed by atoms with Crippen molar-refractivity contribution in [2.45, 2.75) is 20.3 Å². The number of nitrogens with one attached hydrogen (secondary N) is 1. The zero-order valence-electron chi connectivity index (χ0n) is 10.2. The molecule has 1 aromatic heterocycles. The van der Waals surface area contributed by atoms with Crippen LogP contribution in [0.4, 0.5) is 0 Å². The third kappa shape index (κ3) is 3.90. The molecule has 1 amide bonds. The van der Waals surface area contributed by atoms with Gasteiger partial charge in [0.05, 0.1) is 18.0 Å². The SMILES string of the molecule is Cc1cc(CC(=O)N(C)CC(C)C(=O)O)n[nH]1. The minimum absolute atomic E-state index is 0.135. The van der Waals surface area contributed by atoms with Crippen molar-refractivity contribution in [3.05, 3.63) is 17.5 Å². The average Bonchev–Trinajstić information content (AvgIpc) is 2.63. The molecular formula is C11H17N3O3. The topological polar surface area (TPSA) is 86.3 Å². The first-order valence-corrected chi connectivity index (χ1v) is 5.37. The summed E-state index contributed by atoms with van der Waals surface area (Å²) in [7, 11) is 1.60. The smallest absolute Gasteiger partial charge is 0.308 e. The van der Waals surface area contributed by atoms with Crippen LogP contribution in [0.5, 0.6) is 0 Å². The molecule has 0 aliphatic carbocycles. The summed E-state index contributed by atoms with van der Waals surface area (Å²) < 4.78 is 0. The third-order valence-corrected chi connectivity index (χ3v) is 2.49. The minimum atomic E-state index is -0.903. The normalized spacial score (nSPS) is 12.2. The van der Waals surface area contributed by atoms with E-state index in [0.29, 0.717) is 5.69 Å². The van der Waals surface area contributed by atoms with Crippen molar-refractivity contribution in [1.82, 2.24) is 15.1 Å². The maximum absolute atomic E-state index is 11.8. The number of amides is 1. The van der Waals surface area contributed by atoms with Crippen LogP contribution >= 0.6 is 0 Å². The van der Waals surface area contributed by atoms with Crippen LogP contribution < -0.4 is 0 Å². The van der Waals surface area contributed by atoms with Crippen LogP contribution in [0, 0.1) is 12.8 Å². The van der Waals surface area contributed by atoms with Gasteiger partial charge in [-0.15, -0.1) is 0 Å². The van der Waals surface area contributed by atoms with Gasteiger partial charge in [0.25, 0.3) is 0 Å². The number of aromatic amines is 1. The fourth-order valence-corrected chi connectivity index (χ4v) is 1.45. The van der Waals surface area contributed by atoms with E-state index in [4.69, 9.17) is 5.11 Å². The van der Waals surface area contributed by atoms with Gasteiger partial charge in [0.2, 0.25) is 5.91 Å². The van der Waals surface area contributed by atoms with Crippen LogP contribution in [-0.2, 0) is 16.0 Å². The molecule has 94 valence electrons. The Kier molecular flexibility index (Phi) is 4.25. The van der Waals surface area contributed by atoms with E-state index in [9.17, 15) is 9.59 Å². The van der Waals surface area contributed by atoms with Crippen molar-refractivity contribution >= 4 is 11.9 Å². The Labute approximate surface area is 99.6 Å². The van der Waals surface area contributed by atoms with Crippen LogP contribution in [0.2, 0.25) is 0 Å². The minimum Gasteiger partial charge on any atom is -0.481 e. The average molecular weight is 239 g/mol. The molecule has 0 saturated carbocycles. The van der Waals surface area contributed by atoms with E-state index in [2.05, 4.69) is 10.2 Å². The highest BCUT2D eigenvalue weighted by atomic mass is 16.4. The second-order valence-corrected chi connectivity index (χ2v) is 4.23. The van der Waals surface area contributed by atoms with Gasteiger partial charge in [0, 0.05) is 19.3 Å². The van der Waals surface area contributed by atoms with Gasteiger partial charge in [0.1, 0.15) is 0 Å². The number of likely N-dealkylation sites (N-methyl/N-ethyl adjacent to an activating group) is 1. The number of hydrogen-bond donors (Lipinski definition) is 2. The number of aryl methyl sites for hydroxylation is 1. The molecule has 2 N–H and O–H groups in total. The maximum Gasteiger partial charge on any atom is 0.308 e. The lowest BCUT2D eigenvalue weighted by atomic mass is 10.1.